The van der Waals surface area contributed by atoms with E-state index in [1.807, 2.05) is 19.1 Å². The maximum atomic E-state index is 10.5. The average molecular weight is 303 g/mol. The highest BCUT2D eigenvalue weighted by atomic mass is 32.1. The van der Waals surface area contributed by atoms with Crippen molar-refractivity contribution >= 4 is 34.2 Å². The largest absolute Gasteiger partial charge is 0.390 e. The lowest BCUT2D eigenvalue weighted by Gasteiger charge is -2.16. The number of aromatic nitrogens is 1. The smallest absolute Gasteiger partial charge is 0.160 e. The molecule has 1 aliphatic rings. The summed E-state index contributed by atoms with van der Waals surface area (Å²) in [6.45, 7) is 2.02. The van der Waals surface area contributed by atoms with E-state index in [-0.39, 0.29) is 0 Å². The summed E-state index contributed by atoms with van der Waals surface area (Å²) in [7, 11) is 0. The van der Waals surface area contributed by atoms with Crippen LogP contribution >= 0.6 is 11.3 Å². The monoisotopic (exact) mass is 303 g/mol. The van der Waals surface area contributed by atoms with Gasteiger partial charge in [-0.15, -0.1) is 11.3 Å². The number of carbonyl (C=O) groups excluding carboxylic acids is 1. The number of pyridine rings is 1. The number of nitrogens with zero attached hydrogens (tertiary/aromatic N) is 2. The molecule has 1 fully saturated rings. The van der Waals surface area contributed by atoms with Gasteiger partial charge in [-0.05, 0) is 37.5 Å². The number of hydrogen-bond acceptors (Lipinski definition) is 4. The first-order valence-electron chi connectivity index (χ1n) is 7.28. The Balaban J connectivity index is 0.000000161. The number of aryl methyl sites for hydroxylation is 1. The summed E-state index contributed by atoms with van der Waals surface area (Å²) >= 11 is 1.43. The van der Waals surface area contributed by atoms with Crippen LogP contribution in [0.1, 0.15) is 47.3 Å². The molecule has 0 bridgehead atoms. The van der Waals surface area contributed by atoms with Gasteiger partial charge in [-0.3, -0.25) is 9.79 Å². The fourth-order valence-corrected chi connectivity index (χ4v) is 3.39. The molecule has 0 amide bonds. The first-order valence-corrected chi connectivity index (χ1v) is 8.10. The molecule has 0 atom stereocenters. The lowest BCUT2D eigenvalue weighted by atomic mass is 9.96. The quantitative estimate of drug-likeness (QED) is 0.522. The zero-order chi connectivity index (χ0) is 15.1. The molecule has 0 radical (unpaired) electrons. The van der Waals surface area contributed by atoms with E-state index in [1.165, 1.54) is 55.3 Å². The van der Waals surface area contributed by atoms with Gasteiger partial charge in [0.15, 0.2) is 6.29 Å². The van der Waals surface area contributed by atoms with Crippen LogP contribution in [0.3, 0.4) is 0 Å². The van der Waals surface area contributed by atoms with Gasteiger partial charge in [-0.1, -0.05) is 19.3 Å². The van der Waals surface area contributed by atoms with Crippen molar-refractivity contribution in [2.24, 2.45) is 10.7 Å². The number of aldehydes is 1. The molecule has 112 valence electrons. The van der Waals surface area contributed by atoms with Gasteiger partial charge in [0.1, 0.15) is 4.83 Å². The van der Waals surface area contributed by atoms with E-state index < -0.39 is 0 Å². The predicted octanol–water partition coefficient (Wildman–Crippen LogP) is 3.72. The number of nitrogens with two attached hydrogens (primary N) is 1. The van der Waals surface area contributed by atoms with Crippen LogP contribution < -0.4 is 5.73 Å². The van der Waals surface area contributed by atoms with E-state index >= 15 is 0 Å². The zero-order valence-electron chi connectivity index (χ0n) is 12.3. The Labute approximate surface area is 129 Å². The van der Waals surface area contributed by atoms with Crippen molar-refractivity contribution in [2.45, 2.75) is 45.1 Å². The second-order valence-corrected chi connectivity index (χ2v) is 6.27. The van der Waals surface area contributed by atoms with Crippen molar-refractivity contribution in [3.05, 3.63) is 28.8 Å². The normalized spacial score (nSPS) is 15.9. The third-order valence-corrected chi connectivity index (χ3v) is 4.63. The standard InChI is InChI=1S/C9H7NOS.C7H14N2/c1-6-2-3-10-9-8(6)4-7(5-11)12-9;8-6-9-7-4-2-1-3-5-7/h2-5H,1H3;6-7H,1-5H2,(H2,8,9). The number of fused-ring (bicyclic) bond motifs is 1. The van der Waals surface area contributed by atoms with Crippen LogP contribution in [0, 0.1) is 6.92 Å². The van der Waals surface area contributed by atoms with Gasteiger partial charge in [0.25, 0.3) is 0 Å². The molecular formula is C16H21N3OS. The summed E-state index contributed by atoms with van der Waals surface area (Å²) in [5.74, 6) is 0. The SMILES string of the molecule is Cc1ccnc2sc(C=O)cc12.NC=NC1CCCCC1. The summed E-state index contributed by atoms with van der Waals surface area (Å²) in [4.78, 5) is 20.5. The number of hydrogen-bond donors (Lipinski definition) is 1. The van der Waals surface area contributed by atoms with E-state index in [9.17, 15) is 4.79 Å². The molecule has 0 aliphatic heterocycles. The molecule has 21 heavy (non-hydrogen) atoms. The molecule has 1 saturated carbocycles. The van der Waals surface area contributed by atoms with E-state index in [1.54, 1.807) is 6.20 Å². The van der Waals surface area contributed by atoms with Crippen LogP contribution in [0.15, 0.2) is 23.3 Å². The number of rotatable bonds is 2. The minimum absolute atomic E-state index is 0.545. The highest BCUT2D eigenvalue weighted by molar-refractivity contribution is 7.20. The Bertz CT molecular complexity index is 615. The Morgan fingerprint density at radius 3 is 2.76 bits per heavy atom. The third-order valence-electron chi connectivity index (χ3n) is 3.66. The van der Waals surface area contributed by atoms with E-state index in [0.29, 0.717) is 6.04 Å². The number of thiophene rings is 1. The first kappa shape index (κ1) is 15.6. The van der Waals surface area contributed by atoms with Gasteiger partial charge in [0, 0.05) is 11.6 Å². The topological polar surface area (TPSA) is 68.3 Å². The molecule has 4 nitrogen and oxygen atoms in total. The summed E-state index contributed by atoms with van der Waals surface area (Å²) in [6, 6.07) is 4.38. The molecule has 0 unspecified atom stereocenters. The van der Waals surface area contributed by atoms with Crippen LogP contribution in [0.25, 0.3) is 10.2 Å². The van der Waals surface area contributed by atoms with Crippen molar-refractivity contribution in [2.75, 3.05) is 0 Å². The van der Waals surface area contributed by atoms with Crippen LogP contribution in [-0.2, 0) is 0 Å². The van der Waals surface area contributed by atoms with Crippen LogP contribution in [0.5, 0.6) is 0 Å². The van der Waals surface area contributed by atoms with Gasteiger partial charge in [-0.2, -0.15) is 0 Å². The van der Waals surface area contributed by atoms with Crippen molar-refractivity contribution in [1.29, 1.82) is 0 Å². The lowest BCUT2D eigenvalue weighted by molar-refractivity contribution is 0.112. The van der Waals surface area contributed by atoms with Crippen molar-refractivity contribution in [3.63, 3.8) is 0 Å². The second-order valence-electron chi connectivity index (χ2n) is 5.20. The Morgan fingerprint density at radius 1 is 1.38 bits per heavy atom. The second kappa shape index (κ2) is 7.88. The predicted molar refractivity (Wildman–Crippen MR) is 89.3 cm³/mol. The summed E-state index contributed by atoms with van der Waals surface area (Å²) in [5.41, 5.74) is 6.34. The van der Waals surface area contributed by atoms with E-state index in [2.05, 4.69) is 9.98 Å². The summed E-state index contributed by atoms with van der Waals surface area (Å²) in [6.07, 6.45) is 10.6. The number of carbonyl (C=O) groups is 1. The maximum Gasteiger partial charge on any atom is 0.160 e. The fourth-order valence-electron chi connectivity index (χ4n) is 2.49. The summed E-state index contributed by atoms with van der Waals surface area (Å²) < 4.78 is 0. The molecule has 0 saturated heterocycles. The molecule has 2 N–H and O–H groups in total. The Hall–Kier alpha value is -1.75. The molecular weight excluding hydrogens is 282 g/mol. The molecule has 1 aliphatic carbocycles. The maximum absolute atomic E-state index is 10.5. The molecule has 5 heteroatoms. The van der Waals surface area contributed by atoms with Crippen LogP contribution in [0.2, 0.25) is 0 Å². The van der Waals surface area contributed by atoms with Gasteiger partial charge < -0.3 is 5.73 Å². The minimum Gasteiger partial charge on any atom is -0.390 e. The zero-order valence-corrected chi connectivity index (χ0v) is 13.1. The Kier molecular flexibility index (Phi) is 5.87. The lowest BCUT2D eigenvalue weighted by Crippen LogP contribution is -2.10. The Morgan fingerprint density at radius 2 is 2.14 bits per heavy atom. The molecule has 2 aromatic heterocycles. The van der Waals surface area contributed by atoms with E-state index in [0.717, 1.165) is 21.4 Å². The van der Waals surface area contributed by atoms with Gasteiger partial charge in [-0.25, -0.2) is 4.98 Å². The van der Waals surface area contributed by atoms with Crippen molar-refractivity contribution in [1.82, 2.24) is 4.98 Å². The van der Waals surface area contributed by atoms with Crippen molar-refractivity contribution < 1.29 is 4.79 Å². The van der Waals surface area contributed by atoms with Crippen LogP contribution in [-0.4, -0.2) is 23.7 Å². The minimum atomic E-state index is 0.545. The molecule has 3 rings (SSSR count). The van der Waals surface area contributed by atoms with Crippen molar-refractivity contribution in [3.8, 4) is 0 Å². The van der Waals surface area contributed by atoms with Gasteiger partial charge >= 0.3 is 0 Å². The first-order chi connectivity index (χ1) is 10.2. The van der Waals surface area contributed by atoms with Crippen LogP contribution in [0.4, 0.5) is 0 Å². The molecule has 0 aromatic carbocycles. The molecule has 2 aromatic rings. The van der Waals surface area contributed by atoms with E-state index in [4.69, 9.17) is 5.73 Å². The third kappa shape index (κ3) is 4.36. The fraction of sp³-hybridized carbons (Fsp3) is 0.438. The highest BCUT2D eigenvalue weighted by Crippen LogP contribution is 2.24. The highest BCUT2D eigenvalue weighted by Gasteiger charge is 2.09. The average Bonchev–Trinajstić information content (AvgIpc) is 2.94. The molecule has 2 heterocycles. The van der Waals surface area contributed by atoms with Gasteiger partial charge in [0.2, 0.25) is 0 Å². The van der Waals surface area contributed by atoms with Gasteiger partial charge in [0.05, 0.1) is 17.3 Å². The summed E-state index contributed by atoms with van der Waals surface area (Å²) in [5, 5.41) is 1.09. The number of aliphatic imine (C=N–C) groups is 1. The molecule has 0 spiro atoms.